The van der Waals surface area contributed by atoms with Gasteiger partial charge < -0.3 is 5.32 Å². The van der Waals surface area contributed by atoms with Gasteiger partial charge in [0.1, 0.15) is 6.04 Å². The molecule has 0 heterocycles. The van der Waals surface area contributed by atoms with Gasteiger partial charge in [-0.25, -0.2) is 5.84 Å². The minimum Gasteiger partial charge on any atom is -0.374 e. The Balaban J connectivity index is 2.76. The van der Waals surface area contributed by atoms with E-state index < -0.39 is 0 Å². The molecular formula is C11H17N3O. The van der Waals surface area contributed by atoms with E-state index in [2.05, 4.69) is 16.8 Å². The first-order valence-corrected chi connectivity index (χ1v) is 4.89. The van der Waals surface area contributed by atoms with E-state index in [0.29, 0.717) is 0 Å². The smallest absolute Gasteiger partial charge is 0.256 e. The minimum atomic E-state index is -0.337. The van der Waals surface area contributed by atoms with Gasteiger partial charge in [-0.1, -0.05) is 17.7 Å². The Bertz CT molecular complexity index is 363. The predicted molar refractivity (Wildman–Crippen MR) is 61.3 cm³/mol. The van der Waals surface area contributed by atoms with Crippen molar-refractivity contribution in [2.24, 2.45) is 5.84 Å². The Morgan fingerprint density at radius 1 is 1.40 bits per heavy atom. The fraction of sp³-hybridized carbons (Fsp3) is 0.364. The molecule has 0 saturated carbocycles. The summed E-state index contributed by atoms with van der Waals surface area (Å²) in [6, 6.07) is 5.69. The topological polar surface area (TPSA) is 67.2 Å². The molecule has 1 aromatic carbocycles. The van der Waals surface area contributed by atoms with Crippen LogP contribution < -0.4 is 16.6 Å². The van der Waals surface area contributed by atoms with Crippen molar-refractivity contribution >= 4 is 11.6 Å². The highest BCUT2D eigenvalue weighted by Crippen LogP contribution is 2.16. The summed E-state index contributed by atoms with van der Waals surface area (Å²) in [5.74, 6) is 4.82. The number of benzene rings is 1. The summed E-state index contributed by atoms with van der Waals surface area (Å²) in [5, 5.41) is 3.10. The van der Waals surface area contributed by atoms with E-state index >= 15 is 0 Å². The number of hydrogen-bond acceptors (Lipinski definition) is 3. The SMILES string of the molecule is Cc1ccc(NC(C)C(=O)NN)c(C)c1. The molecule has 4 N–H and O–H groups in total. The molecule has 0 fully saturated rings. The summed E-state index contributed by atoms with van der Waals surface area (Å²) >= 11 is 0. The standard InChI is InChI=1S/C11H17N3O/c1-7-4-5-10(8(2)6-7)13-9(3)11(15)14-12/h4-6,9,13H,12H2,1-3H3,(H,14,15). The molecule has 0 aliphatic heterocycles. The molecule has 15 heavy (non-hydrogen) atoms. The Hall–Kier alpha value is -1.55. The largest absolute Gasteiger partial charge is 0.374 e. The predicted octanol–water partition coefficient (Wildman–Crippen LogP) is 1.09. The van der Waals surface area contributed by atoms with Crippen LogP contribution in [-0.2, 0) is 4.79 Å². The summed E-state index contributed by atoms with van der Waals surface area (Å²) in [6.45, 7) is 5.80. The number of anilines is 1. The van der Waals surface area contributed by atoms with Gasteiger partial charge in [0.2, 0.25) is 0 Å². The Morgan fingerprint density at radius 3 is 2.60 bits per heavy atom. The van der Waals surface area contributed by atoms with Crippen LogP contribution in [0.3, 0.4) is 0 Å². The molecule has 0 spiro atoms. The van der Waals surface area contributed by atoms with Crippen molar-refractivity contribution in [2.75, 3.05) is 5.32 Å². The number of nitrogens with two attached hydrogens (primary N) is 1. The maximum absolute atomic E-state index is 11.2. The fourth-order valence-electron chi connectivity index (χ4n) is 1.40. The van der Waals surface area contributed by atoms with Gasteiger partial charge >= 0.3 is 0 Å². The molecule has 0 aliphatic rings. The van der Waals surface area contributed by atoms with Gasteiger partial charge in [-0.15, -0.1) is 0 Å². The third-order valence-corrected chi connectivity index (χ3v) is 2.29. The Labute approximate surface area is 89.8 Å². The van der Waals surface area contributed by atoms with Crippen LogP contribution in [-0.4, -0.2) is 11.9 Å². The highest BCUT2D eigenvalue weighted by molar-refractivity contribution is 5.83. The summed E-state index contributed by atoms with van der Waals surface area (Å²) in [7, 11) is 0. The van der Waals surface area contributed by atoms with Crippen LogP contribution in [0.5, 0.6) is 0 Å². The molecule has 0 aliphatic carbocycles. The van der Waals surface area contributed by atoms with Crippen LogP contribution in [0.2, 0.25) is 0 Å². The van der Waals surface area contributed by atoms with Crippen molar-refractivity contribution in [1.29, 1.82) is 0 Å². The first-order chi connectivity index (χ1) is 7.04. The zero-order valence-corrected chi connectivity index (χ0v) is 9.29. The van der Waals surface area contributed by atoms with Crippen molar-refractivity contribution in [3.63, 3.8) is 0 Å². The first kappa shape index (κ1) is 11.5. The van der Waals surface area contributed by atoms with Crippen LogP contribution in [0, 0.1) is 13.8 Å². The number of rotatable bonds is 3. The molecule has 1 unspecified atom stereocenters. The molecule has 82 valence electrons. The summed E-state index contributed by atoms with van der Waals surface area (Å²) < 4.78 is 0. The van der Waals surface area contributed by atoms with E-state index in [0.717, 1.165) is 11.3 Å². The van der Waals surface area contributed by atoms with Crippen molar-refractivity contribution in [2.45, 2.75) is 26.8 Å². The average Bonchev–Trinajstić information content (AvgIpc) is 2.20. The van der Waals surface area contributed by atoms with Gasteiger partial charge in [0, 0.05) is 5.69 Å². The highest BCUT2D eigenvalue weighted by Gasteiger charge is 2.11. The lowest BCUT2D eigenvalue weighted by atomic mass is 10.1. The zero-order chi connectivity index (χ0) is 11.4. The number of carbonyl (C=O) groups excluding carboxylic acids is 1. The normalized spacial score (nSPS) is 12.0. The van der Waals surface area contributed by atoms with Crippen molar-refractivity contribution in [3.8, 4) is 0 Å². The monoisotopic (exact) mass is 207 g/mol. The minimum absolute atomic E-state index is 0.227. The number of hydrazine groups is 1. The van der Waals surface area contributed by atoms with E-state index in [-0.39, 0.29) is 11.9 Å². The summed E-state index contributed by atoms with van der Waals surface area (Å²) in [4.78, 5) is 11.2. The van der Waals surface area contributed by atoms with Gasteiger partial charge in [0.05, 0.1) is 0 Å². The van der Waals surface area contributed by atoms with Crippen LogP contribution in [0.15, 0.2) is 18.2 Å². The Morgan fingerprint density at radius 2 is 2.07 bits per heavy atom. The number of aryl methyl sites for hydroxylation is 2. The molecule has 0 aromatic heterocycles. The molecule has 4 nitrogen and oxygen atoms in total. The van der Waals surface area contributed by atoms with Crippen LogP contribution in [0.1, 0.15) is 18.1 Å². The lowest BCUT2D eigenvalue weighted by Gasteiger charge is -2.15. The second kappa shape index (κ2) is 4.79. The average molecular weight is 207 g/mol. The van der Waals surface area contributed by atoms with Gasteiger partial charge in [0.25, 0.3) is 5.91 Å². The van der Waals surface area contributed by atoms with E-state index in [1.165, 1.54) is 5.56 Å². The fourth-order valence-corrected chi connectivity index (χ4v) is 1.40. The van der Waals surface area contributed by atoms with Gasteiger partial charge in [-0.2, -0.15) is 0 Å². The van der Waals surface area contributed by atoms with Crippen molar-refractivity contribution < 1.29 is 4.79 Å². The molecule has 1 rings (SSSR count). The maximum Gasteiger partial charge on any atom is 0.256 e. The summed E-state index contributed by atoms with van der Waals surface area (Å²) in [5.41, 5.74) is 5.39. The number of amides is 1. The van der Waals surface area contributed by atoms with E-state index in [1.807, 2.05) is 26.0 Å². The molecular weight excluding hydrogens is 190 g/mol. The summed E-state index contributed by atoms with van der Waals surface area (Å²) in [6.07, 6.45) is 0. The van der Waals surface area contributed by atoms with Crippen molar-refractivity contribution in [3.05, 3.63) is 29.3 Å². The number of carbonyl (C=O) groups is 1. The van der Waals surface area contributed by atoms with Crippen molar-refractivity contribution in [1.82, 2.24) is 5.43 Å². The molecule has 4 heteroatoms. The quantitative estimate of drug-likeness (QED) is 0.395. The van der Waals surface area contributed by atoms with E-state index in [1.54, 1.807) is 6.92 Å². The number of hydrogen-bond donors (Lipinski definition) is 3. The second-order valence-corrected chi connectivity index (χ2v) is 3.69. The van der Waals surface area contributed by atoms with Crippen LogP contribution in [0.25, 0.3) is 0 Å². The third kappa shape index (κ3) is 2.95. The molecule has 0 saturated heterocycles. The lowest BCUT2D eigenvalue weighted by Crippen LogP contribution is -2.41. The second-order valence-electron chi connectivity index (χ2n) is 3.69. The van der Waals surface area contributed by atoms with Crippen LogP contribution in [0.4, 0.5) is 5.69 Å². The first-order valence-electron chi connectivity index (χ1n) is 4.89. The zero-order valence-electron chi connectivity index (χ0n) is 9.29. The Kier molecular flexibility index (Phi) is 3.68. The third-order valence-electron chi connectivity index (χ3n) is 2.29. The van der Waals surface area contributed by atoms with Gasteiger partial charge in [-0.05, 0) is 32.4 Å². The molecule has 1 atom stereocenters. The maximum atomic E-state index is 11.2. The van der Waals surface area contributed by atoms with Crippen LogP contribution >= 0.6 is 0 Å². The highest BCUT2D eigenvalue weighted by atomic mass is 16.2. The number of nitrogens with one attached hydrogen (secondary N) is 2. The van der Waals surface area contributed by atoms with Gasteiger partial charge in [-0.3, -0.25) is 10.2 Å². The molecule has 0 radical (unpaired) electrons. The molecule has 1 aromatic rings. The lowest BCUT2D eigenvalue weighted by molar-refractivity contribution is -0.121. The van der Waals surface area contributed by atoms with E-state index in [9.17, 15) is 4.79 Å². The van der Waals surface area contributed by atoms with E-state index in [4.69, 9.17) is 5.84 Å². The van der Waals surface area contributed by atoms with Gasteiger partial charge in [0.15, 0.2) is 0 Å². The molecule has 1 amide bonds. The molecule has 0 bridgehead atoms.